The first-order valence-corrected chi connectivity index (χ1v) is 7.11. The third-order valence-corrected chi connectivity index (χ3v) is 3.76. The highest BCUT2D eigenvalue weighted by Gasteiger charge is 2.19. The molecule has 0 bridgehead atoms. The molecule has 0 N–H and O–H groups in total. The Kier molecular flexibility index (Phi) is 3.82. The second-order valence-corrected chi connectivity index (χ2v) is 7.05. The van der Waals surface area contributed by atoms with Gasteiger partial charge in [0.2, 0.25) is 0 Å². The third-order valence-electron chi connectivity index (χ3n) is 3.54. The van der Waals surface area contributed by atoms with Gasteiger partial charge in [0.25, 0.3) is 0 Å². The van der Waals surface area contributed by atoms with E-state index in [0.29, 0.717) is 5.41 Å². The van der Waals surface area contributed by atoms with E-state index in [-0.39, 0.29) is 0 Å². The molecular formula is C16H23Cl. The summed E-state index contributed by atoms with van der Waals surface area (Å²) in [5.41, 5.74) is 3.19. The molecule has 1 aliphatic carbocycles. The Morgan fingerprint density at radius 1 is 1.12 bits per heavy atom. The number of halogens is 1. The van der Waals surface area contributed by atoms with Gasteiger partial charge in [0.05, 0.1) is 0 Å². The fourth-order valence-corrected chi connectivity index (χ4v) is 3.15. The molecule has 0 amide bonds. The van der Waals surface area contributed by atoms with Crippen molar-refractivity contribution in [3.63, 3.8) is 0 Å². The van der Waals surface area contributed by atoms with E-state index in [0.717, 1.165) is 17.4 Å². The molecule has 17 heavy (non-hydrogen) atoms. The van der Waals surface area contributed by atoms with Crippen LogP contribution in [0.5, 0.6) is 0 Å². The van der Waals surface area contributed by atoms with Crippen LogP contribution in [0.15, 0.2) is 18.2 Å². The van der Waals surface area contributed by atoms with Gasteiger partial charge in [-0.3, -0.25) is 0 Å². The zero-order chi connectivity index (χ0) is 12.5. The first-order valence-electron chi connectivity index (χ1n) is 6.73. The molecule has 0 aromatic heterocycles. The molecule has 0 spiro atoms. The average Bonchev–Trinajstić information content (AvgIpc) is 2.65. The largest absolute Gasteiger partial charge is 0.0843 e. The summed E-state index contributed by atoms with van der Waals surface area (Å²) in [6.07, 6.45) is 6.55. The molecule has 0 saturated heterocycles. The second-order valence-electron chi connectivity index (χ2n) is 6.61. The maximum Gasteiger partial charge on any atom is 0.0411 e. The van der Waals surface area contributed by atoms with Crippen LogP contribution in [-0.4, -0.2) is 0 Å². The Morgan fingerprint density at radius 3 is 2.35 bits per heavy atom. The average molecular weight is 251 g/mol. The topological polar surface area (TPSA) is 0 Å². The highest BCUT2D eigenvalue weighted by atomic mass is 35.5. The molecule has 94 valence electrons. The van der Waals surface area contributed by atoms with Gasteiger partial charge in [-0.15, -0.1) is 0 Å². The minimum atomic E-state index is 0.331. The number of rotatable bonds is 2. The van der Waals surface area contributed by atoms with Gasteiger partial charge < -0.3 is 0 Å². The second kappa shape index (κ2) is 5.02. The van der Waals surface area contributed by atoms with Gasteiger partial charge in [-0.05, 0) is 53.9 Å². The summed E-state index contributed by atoms with van der Waals surface area (Å²) >= 11 is 6.26. The van der Waals surface area contributed by atoms with Crippen molar-refractivity contribution in [2.24, 2.45) is 5.41 Å². The molecule has 1 heteroatoms. The smallest absolute Gasteiger partial charge is 0.0411 e. The summed E-state index contributed by atoms with van der Waals surface area (Å²) < 4.78 is 0. The van der Waals surface area contributed by atoms with Gasteiger partial charge in [-0.1, -0.05) is 51.3 Å². The number of hydrogen-bond acceptors (Lipinski definition) is 0. The summed E-state index contributed by atoms with van der Waals surface area (Å²) in [4.78, 5) is 0. The molecule has 1 fully saturated rings. The van der Waals surface area contributed by atoms with Gasteiger partial charge in [-0.25, -0.2) is 0 Å². The van der Waals surface area contributed by atoms with Crippen molar-refractivity contribution >= 4 is 11.6 Å². The molecule has 1 aromatic carbocycles. The number of benzene rings is 1. The van der Waals surface area contributed by atoms with Gasteiger partial charge in [0.1, 0.15) is 0 Å². The zero-order valence-corrected chi connectivity index (χ0v) is 12.0. The van der Waals surface area contributed by atoms with E-state index in [4.69, 9.17) is 11.6 Å². The lowest BCUT2D eigenvalue weighted by atomic mass is 9.86. The molecule has 0 atom stereocenters. The molecule has 1 saturated carbocycles. The van der Waals surface area contributed by atoms with Crippen LogP contribution in [0.1, 0.15) is 63.5 Å². The van der Waals surface area contributed by atoms with E-state index in [2.05, 4.69) is 39.0 Å². The molecule has 0 aliphatic heterocycles. The normalized spacial score (nSPS) is 17.6. The van der Waals surface area contributed by atoms with E-state index in [1.807, 2.05) is 0 Å². The summed E-state index contributed by atoms with van der Waals surface area (Å²) in [5.74, 6) is 0.757. The van der Waals surface area contributed by atoms with E-state index in [1.165, 1.54) is 36.8 Å². The lowest BCUT2D eigenvalue weighted by Crippen LogP contribution is -2.09. The van der Waals surface area contributed by atoms with Crippen LogP contribution in [0.25, 0.3) is 0 Å². The lowest BCUT2D eigenvalue weighted by Gasteiger charge is -2.20. The van der Waals surface area contributed by atoms with Gasteiger partial charge in [0, 0.05) is 5.02 Å². The highest BCUT2D eigenvalue weighted by Crippen LogP contribution is 2.36. The lowest BCUT2D eigenvalue weighted by molar-refractivity contribution is 0.411. The fourth-order valence-electron chi connectivity index (χ4n) is 2.88. The quantitative estimate of drug-likeness (QED) is 0.642. The van der Waals surface area contributed by atoms with Crippen molar-refractivity contribution in [1.29, 1.82) is 0 Å². The minimum absolute atomic E-state index is 0.331. The van der Waals surface area contributed by atoms with Gasteiger partial charge in [-0.2, -0.15) is 0 Å². The van der Waals surface area contributed by atoms with E-state index in [1.54, 1.807) is 0 Å². The van der Waals surface area contributed by atoms with Gasteiger partial charge >= 0.3 is 0 Å². The molecular weight excluding hydrogens is 228 g/mol. The fraction of sp³-hybridized carbons (Fsp3) is 0.625. The summed E-state index contributed by atoms with van der Waals surface area (Å²) in [5, 5.41) is 0.911. The monoisotopic (exact) mass is 250 g/mol. The summed E-state index contributed by atoms with van der Waals surface area (Å²) in [6.45, 7) is 6.84. The van der Waals surface area contributed by atoms with Crippen LogP contribution in [0.3, 0.4) is 0 Å². The van der Waals surface area contributed by atoms with Crippen molar-refractivity contribution < 1.29 is 0 Å². The summed E-state index contributed by atoms with van der Waals surface area (Å²) in [7, 11) is 0. The van der Waals surface area contributed by atoms with E-state index in [9.17, 15) is 0 Å². The van der Waals surface area contributed by atoms with Crippen molar-refractivity contribution in [2.45, 2.75) is 58.8 Å². The van der Waals surface area contributed by atoms with Gasteiger partial charge in [0.15, 0.2) is 0 Å². The van der Waals surface area contributed by atoms with E-state index < -0.39 is 0 Å². The summed E-state index contributed by atoms with van der Waals surface area (Å²) in [6, 6.07) is 6.68. The molecule has 2 rings (SSSR count). The zero-order valence-electron chi connectivity index (χ0n) is 11.2. The first kappa shape index (κ1) is 13.0. The van der Waals surface area contributed by atoms with Crippen LogP contribution in [0.4, 0.5) is 0 Å². The van der Waals surface area contributed by atoms with Crippen molar-refractivity contribution in [3.8, 4) is 0 Å². The molecule has 1 aliphatic rings. The maximum atomic E-state index is 6.26. The van der Waals surface area contributed by atoms with Crippen LogP contribution in [0, 0.1) is 5.41 Å². The van der Waals surface area contributed by atoms with Crippen molar-refractivity contribution in [2.75, 3.05) is 0 Å². The Balaban J connectivity index is 2.22. The molecule has 0 radical (unpaired) electrons. The van der Waals surface area contributed by atoms with Crippen molar-refractivity contribution in [1.82, 2.24) is 0 Å². The Hall–Kier alpha value is -0.490. The molecule has 0 unspecified atom stereocenters. The van der Waals surface area contributed by atoms with Crippen LogP contribution >= 0.6 is 11.6 Å². The highest BCUT2D eigenvalue weighted by molar-refractivity contribution is 6.30. The van der Waals surface area contributed by atoms with Crippen LogP contribution in [0.2, 0.25) is 5.02 Å². The molecule has 1 aromatic rings. The predicted octanol–water partition coefficient (Wildman–Crippen LogP) is 5.59. The van der Waals surface area contributed by atoms with E-state index >= 15 is 0 Å². The van der Waals surface area contributed by atoms with Crippen LogP contribution < -0.4 is 0 Å². The third kappa shape index (κ3) is 3.74. The van der Waals surface area contributed by atoms with Crippen molar-refractivity contribution in [3.05, 3.63) is 34.3 Å². The molecule has 0 heterocycles. The SMILES string of the molecule is CC(C)(C)Cc1cc(Cl)cc(C2CCCC2)c1. The Labute approximate surface area is 110 Å². The minimum Gasteiger partial charge on any atom is -0.0843 e. The Bertz CT molecular complexity index is 381. The maximum absolute atomic E-state index is 6.26. The van der Waals surface area contributed by atoms with Crippen LogP contribution in [-0.2, 0) is 6.42 Å². The molecule has 0 nitrogen and oxygen atoms in total. The first-order chi connectivity index (χ1) is 7.94. The standard InChI is InChI=1S/C16H23Cl/c1-16(2,3)11-12-8-14(10-15(17)9-12)13-6-4-5-7-13/h8-10,13H,4-7,11H2,1-3H3. The predicted molar refractivity (Wildman–Crippen MR) is 75.8 cm³/mol. The Morgan fingerprint density at radius 2 is 1.76 bits per heavy atom. The number of hydrogen-bond donors (Lipinski definition) is 0.